The Morgan fingerprint density at radius 2 is 2.19 bits per heavy atom. The van der Waals surface area contributed by atoms with Gasteiger partial charge in [-0.1, -0.05) is 0 Å². The zero-order valence-corrected chi connectivity index (χ0v) is 11.8. The molecule has 4 rings (SSSR count). The van der Waals surface area contributed by atoms with Crippen molar-refractivity contribution < 1.29 is 4.74 Å². The first-order valence-corrected chi connectivity index (χ1v) is 7.00. The lowest BCUT2D eigenvalue weighted by Crippen LogP contribution is -2.13. The number of nitrogens with zero attached hydrogens (tertiary/aromatic N) is 2. The average molecular weight is 277 g/mol. The molecule has 104 valence electrons. The van der Waals surface area contributed by atoms with E-state index < -0.39 is 0 Å². The molecule has 2 aromatic heterocycles. The summed E-state index contributed by atoms with van der Waals surface area (Å²) in [6, 6.07) is 10.1. The molecule has 0 fully saturated rings. The molecule has 1 aliphatic rings. The number of methoxy groups -OCH3 is 1. The van der Waals surface area contributed by atoms with E-state index >= 15 is 0 Å². The molecular weight excluding hydrogens is 262 g/mol. The van der Waals surface area contributed by atoms with Crippen LogP contribution < -0.4 is 4.74 Å². The molecule has 0 saturated carbocycles. The number of H-pyrrole nitrogens is 1. The van der Waals surface area contributed by atoms with Crippen LogP contribution in [0.15, 0.2) is 47.7 Å². The number of rotatable bonds is 2. The Bertz CT molecular complexity index is 834. The fourth-order valence-electron chi connectivity index (χ4n) is 2.91. The SMILES string of the molecule is COc1ccc2[nH]c3c(c2c1)CCN=C3c1cccnc1. The van der Waals surface area contributed by atoms with Crippen molar-refractivity contribution in [1.82, 2.24) is 9.97 Å². The number of aromatic nitrogens is 2. The predicted molar refractivity (Wildman–Crippen MR) is 83.3 cm³/mol. The predicted octanol–water partition coefficient (Wildman–Crippen LogP) is 2.97. The summed E-state index contributed by atoms with van der Waals surface area (Å²) in [5, 5.41) is 1.22. The summed E-state index contributed by atoms with van der Waals surface area (Å²) < 4.78 is 5.34. The highest BCUT2D eigenvalue weighted by molar-refractivity contribution is 6.15. The van der Waals surface area contributed by atoms with Crippen LogP contribution in [0, 0.1) is 0 Å². The van der Waals surface area contributed by atoms with Crippen molar-refractivity contribution in [2.24, 2.45) is 4.99 Å². The maximum absolute atomic E-state index is 5.34. The molecular formula is C17H15N3O. The summed E-state index contributed by atoms with van der Waals surface area (Å²) in [5.74, 6) is 0.884. The zero-order chi connectivity index (χ0) is 14.2. The molecule has 3 heterocycles. The smallest absolute Gasteiger partial charge is 0.119 e. The van der Waals surface area contributed by atoms with Crippen LogP contribution in [0.3, 0.4) is 0 Å². The number of hydrogen-bond acceptors (Lipinski definition) is 3. The topological polar surface area (TPSA) is 50.3 Å². The Morgan fingerprint density at radius 1 is 1.24 bits per heavy atom. The van der Waals surface area contributed by atoms with Gasteiger partial charge in [-0.05, 0) is 42.3 Å². The number of pyridine rings is 1. The van der Waals surface area contributed by atoms with Crippen LogP contribution in [0.25, 0.3) is 10.9 Å². The van der Waals surface area contributed by atoms with Crippen molar-refractivity contribution in [3.8, 4) is 5.75 Å². The van der Waals surface area contributed by atoms with Gasteiger partial charge in [0.15, 0.2) is 0 Å². The van der Waals surface area contributed by atoms with Gasteiger partial charge < -0.3 is 9.72 Å². The third-order valence-electron chi connectivity index (χ3n) is 3.92. The van der Waals surface area contributed by atoms with Crippen LogP contribution >= 0.6 is 0 Å². The van der Waals surface area contributed by atoms with Crippen LogP contribution in [0.2, 0.25) is 0 Å². The molecule has 0 radical (unpaired) electrons. The van der Waals surface area contributed by atoms with Gasteiger partial charge in [-0.2, -0.15) is 0 Å². The fourth-order valence-corrected chi connectivity index (χ4v) is 2.91. The van der Waals surface area contributed by atoms with Gasteiger partial charge in [0.1, 0.15) is 5.75 Å². The second-order valence-corrected chi connectivity index (χ2v) is 5.11. The van der Waals surface area contributed by atoms with E-state index in [9.17, 15) is 0 Å². The minimum atomic E-state index is 0.807. The maximum Gasteiger partial charge on any atom is 0.119 e. The van der Waals surface area contributed by atoms with Crippen LogP contribution in [-0.2, 0) is 6.42 Å². The first kappa shape index (κ1) is 12.1. The number of hydrogen-bond donors (Lipinski definition) is 1. The van der Waals surface area contributed by atoms with Gasteiger partial charge in [0.2, 0.25) is 0 Å². The minimum absolute atomic E-state index is 0.807. The van der Waals surface area contributed by atoms with Crippen molar-refractivity contribution in [2.75, 3.05) is 13.7 Å². The van der Waals surface area contributed by atoms with E-state index in [1.54, 1.807) is 13.3 Å². The minimum Gasteiger partial charge on any atom is -0.497 e. The molecule has 3 aromatic rings. The largest absolute Gasteiger partial charge is 0.497 e. The van der Waals surface area contributed by atoms with Crippen LogP contribution in [0.4, 0.5) is 0 Å². The number of ether oxygens (including phenoxy) is 1. The monoisotopic (exact) mass is 277 g/mol. The van der Waals surface area contributed by atoms with Crippen LogP contribution in [0.1, 0.15) is 16.8 Å². The summed E-state index contributed by atoms with van der Waals surface area (Å²) in [7, 11) is 1.70. The van der Waals surface area contributed by atoms with Gasteiger partial charge in [0.05, 0.1) is 18.5 Å². The summed E-state index contributed by atoms with van der Waals surface area (Å²) >= 11 is 0. The Kier molecular flexibility index (Phi) is 2.74. The van der Waals surface area contributed by atoms with Gasteiger partial charge >= 0.3 is 0 Å². The van der Waals surface area contributed by atoms with Crippen molar-refractivity contribution in [3.05, 3.63) is 59.5 Å². The normalized spacial score (nSPS) is 13.9. The lowest BCUT2D eigenvalue weighted by atomic mass is 9.99. The van der Waals surface area contributed by atoms with Gasteiger partial charge in [-0.15, -0.1) is 0 Å². The Labute approximate surface area is 122 Å². The van der Waals surface area contributed by atoms with Crippen LogP contribution in [-0.4, -0.2) is 29.3 Å². The lowest BCUT2D eigenvalue weighted by Gasteiger charge is -2.13. The third-order valence-corrected chi connectivity index (χ3v) is 3.92. The van der Waals surface area contributed by atoms with Crippen molar-refractivity contribution in [2.45, 2.75) is 6.42 Å². The molecule has 0 amide bonds. The second kappa shape index (κ2) is 4.74. The molecule has 0 aliphatic carbocycles. The second-order valence-electron chi connectivity index (χ2n) is 5.11. The van der Waals surface area contributed by atoms with Crippen molar-refractivity contribution in [1.29, 1.82) is 0 Å². The third kappa shape index (κ3) is 1.91. The fraction of sp³-hybridized carbons (Fsp3) is 0.176. The van der Waals surface area contributed by atoms with Gasteiger partial charge in [-0.3, -0.25) is 9.98 Å². The van der Waals surface area contributed by atoms with Gasteiger partial charge in [0, 0.05) is 35.4 Å². The first-order chi connectivity index (χ1) is 10.4. The summed E-state index contributed by atoms with van der Waals surface area (Å²) in [5.41, 5.74) is 5.60. The highest BCUT2D eigenvalue weighted by Gasteiger charge is 2.21. The van der Waals surface area contributed by atoms with Crippen molar-refractivity contribution in [3.63, 3.8) is 0 Å². The standard InChI is InChI=1S/C17H15N3O/c1-21-12-4-5-15-14(9-12)13-6-8-19-16(17(13)20-15)11-3-2-7-18-10-11/h2-5,7,9-10,20H,6,8H2,1H3. The summed E-state index contributed by atoms with van der Waals surface area (Å²) in [4.78, 5) is 12.4. The molecule has 0 unspecified atom stereocenters. The highest BCUT2D eigenvalue weighted by atomic mass is 16.5. The molecule has 0 spiro atoms. The summed E-state index contributed by atoms with van der Waals surface area (Å²) in [6.07, 6.45) is 4.59. The van der Waals surface area contributed by atoms with E-state index in [1.807, 2.05) is 24.4 Å². The van der Waals surface area contributed by atoms with E-state index in [1.165, 1.54) is 10.9 Å². The zero-order valence-electron chi connectivity index (χ0n) is 11.8. The lowest BCUT2D eigenvalue weighted by molar-refractivity contribution is 0.415. The van der Waals surface area contributed by atoms with E-state index in [0.717, 1.165) is 41.2 Å². The Hall–Kier alpha value is -2.62. The molecule has 0 atom stereocenters. The molecule has 0 bridgehead atoms. The quantitative estimate of drug-likeness (QED) is 0.783. The molecule has 0 saturated heterocycles. The molecule has 1 aliphatic heterocycles. The molecule has 1 aromatic carbocycles. The van der Waals surface area contributed by atoms with Crippen molar-refractivity contribution >= 4 is 16.6 Å². The number of aromatic amines is 1. The van der Waals surface area contributed by atoms with Crippen LogP contribution in [0.5, 0.6) is 5.75 Å². The number of aliphatic imine (C=N–C) groups is 1. The molecule has 21 heavy (non-hydrogen) atoms. The van der Waals surface area contributed by atoms with E-state index in [-0.39, 0.29) is 0 Å². The Morgan fingerprint density at radius 3 is 3.00 bits per heavy atom. The van der Waals surface area contributed by atoms with Gasteiger partial charge in [0.25, 0.3) is 0 Å². The van der Waals surface area contributed by atoms with Gasteiger partial charge in [-0.25, -0.2) is 0 Å². The maximum atomic E-state index is 5.34. The number of nitrogens with one attached hydrogen (secondary N) is 1. The number of benzene rings is 1. The summed E-state index contributed by atoms with van der Waals surface area (Å²) in [6.45, 7) is 0.807. The first-order valence-electron chi connectivity index (χ1n) is 7.00. The molecule has 4 nitrogen and oxygen atoms in total. The van der Waals surface area contributed by atoms with E-state index in [2.05, 4.69) is 22.1 Å². The molecule has 4 heteroatoms. The average Bonchev–Trinajstić information content (AvgIpc) is 2.93. The number of fused-ring (bicyclic) bond motifs is 3. The highest BCUT2D eigenvalue weighted by Crippen LogP contribution is 2.30. The van der Waals surface area contributed by atoms with E-state index in [4.69, 9.17) is 9.73 Å². The van der Waals surface area contributed by atoms with E-state index in [0.29, 0.717) is 0 Å². The Balaban J connectivity index is 1.92. The molecule has 1 N–H and O–H groups in total.